The Hall–Kier alpha value is -3.06. The number of nitrogens with zero attached hydrogens (tertiary/aromatic N) is 1. The van der Waals surface area contributed by atoms with Gasteiger partial charge in [0.1, 0.15) is 17.4 Å². The Morgan fingerprint density at radius 1 is 1.18 bits per heavy atom. The Kier molecular flexibility index (Phi) is 4.94. The lowest BCUT2D eigenvalue weighted by Gasteiger charge is -2.13. The average molecular weight is 292 g/mol. The van der Waals surface area contributed by atoms with Crippen LogP contribution in [0.5, 0.6) is 5.75 Å². The first-order valence-corrected chi connectivity index (χ1v) is 6.87. The Morgan fingerprint density at radius 3 is 2.41 bits per heavy atom. The molecule has 2 N–H and O–H groups in total. The van der Waals surface area contributed by atoms with Crippen LogP contribution < -0.4 is 5.32 Å². The van der Waals surface area contributed by atoms with Crippen LogP contribution in [-0.4, -0.2) is 11.0 Å². The zero-order valence-corrected chi connectivity index (χ0v) is 12.2. The van der Waals surface area contributed by atoms with Crippen LogP contribution in [0.3, 0.4) is 0 Å². The number of rotatable bonds is 4. The van der Waals surface area contributed by atoms with Gasteiger partial charge in [0.05, 0.1) is 6.04 Å². The number of hydrogen-bond acceptors (Lipinski definition) is 3. The fraction of sp³-hybridized carbons (Fsp3) is 0.111. The smallest absolute Gasteiger partial charge is 0.262 e. The summed E-state index contributed by atoms with van der Waals surface area (Å²) >= 11 is 0. The lowest BCUT2D eigenvalue weighted by Crippen LogP contribution is -2.27. The van der Waals surface area contributed by atoms with Gasteiger partial charge in [0.15, 0.2) is 0 Å². The van der Waals surface area contributed by atoms with Gasteiger partial charge in [0.2, 0.25) is 0 Å². The van der Waals surface area contributed by atoms with Crippen LogP contribution in [0.2, 0.25) is 0 Å². The average Bonchev–Trinajstić information content (AvgIpc) is 2.55. The Balaban J connectivity index is 2.12. The van der Waals surface area contributed by atoms with E-state index in [1.54, 1.807) is 12.1 Å². The van der Waals surface area contributed by atoms with Gasteiger partial charge in [0, 0.05) is 0 Å². The van der Waals surface area contributed by atoms with E-state index in [4.69, 9.17) is 5.26 Å². The maximum atomic E-state index is 12.2. The number of phenolic OH excluding ortho intramolecular Hbond substituents is 1. The molecule has 0 heterocycles. The van der Waals surface area contributed by atoms with Gasteiger partial charge < -0.3 is 10.4 Å². The highest BCUT2D eigenvalue weighted by Crippen LogP contribution is 2.15. The third kappa shape index (κ3) is 3.97. The highest BCUT2D eigenvalue weighted by atomic mass is 16.3. The molecule has 4 nitrogen and oxygen atoms in total. The van der Waals surface area contributed by atoms with E-state index < -0.39 is 5.91 Å². The molecule has 0 saturated carbocycles. The van der Waals surface area contributed by atoms with Crippen molar-refractivity contribution in [2.75, 3.05) is 0 Å². The molecular weight excluding hydrogens is 276 g/mol. The molecule has 0 spiro atoms. The van der Waals surface area contributed by atoms with Crippen LogP contribution in [0.25, 0.3) is 6.08 Å². The van der Waals surface area contributed by atoms with Gasteiger partial charge in [-0.15, -0.1) is 0 Å². The van der Waals surface area contributed by atoms with E-state index in [0.29, 0.717) is 5.56 Å². The second-order valence-corrected chi connectivity index (χ2v) is 4.87. The molecule has 1 atom stereocenters. The summed E-state index contributed by atoms with van der Waals surface area (Å²) in [5.41, 5.74) is 1.67. The molecule has 0 aliphatic rings. The van der Waals surface area contributed by atoms with Crippen LogP contribution in [0.1, 0.15) is 24.1 Å². The van der Waals surface area contributed by atoms with Crippen LogP contribution >= 0.6 is 0 Å². The first-order valence-electron chi connectivity index (χ1n) is 6.87. The highest BCUT2D eigenvalue weighted by molar-refractivity contribution is 6.01. The number of nitriles is 1. The van der Waals surface area contributed by atoms with E-state index >= 15 is 0 Å². The molecule has 2 aromatic rings. The highest BCUT2D eigenvalue weighted by Gasteiger charge is 2.13. The molecule has 0 aromatic heterocycles. The van der Waals surface area contributed by atoms with Gasteiger partial charge in [-0.1, -0.05) is 42.5 Å². The van der Waals surface area contributed by atoms with Crippen LogP contribution in [0, 0.1) is 11.3 Å². The molecule has 1 amide bonds. The largest absolute Gasteiger partial charge is 0.508 e. The Bertz CT molecular complexity index is 713. The van der Waals surface area contributed by atoms with E-state index in [-0.39, 0.29) is 17.4 Å². The van der Waals surface area contributed by atoms with E-state index in [0.717, 1.165) is 5.56 Å². The van der Waals surface area contributed by atoms with Crippen molar-refractivity contribution in [2.45, 2.75) is 13.0 Å². The number of hydrogen-bond donors (Lipinski definition) is 2. The number of aromatic hydroxyl groups is 1. The number of amides is 1. The minimum absolute atomic E-state index is 0.0217. The number of phenols is 1. The summed E-state index contributed by atoms with van der Waals surface area (Å²) in [6.07, 6.45) is 1.49. The lowest BCUT2D eigenvalue weighted by atomic mass is 10.1. The monoisotopic (exact) mass is 292 g/mol. The standard InChI is InChI=1S/C18H16N2O2/c1-13(15-5-3-2-4-6-15)20-18(22)16(12-19)11-14-7-9-17(21)10-8-14/h2-11,13,21H,1H3,(H,20,22)/b16-11-/t13-/m0/s1. The van der Waals surface area contributed by atoms with Gasteiger partial charge in [-0.2, -0.15) is 5.26 Å². The summed E-state index contributed by atoms with van der Waals surface area (Å²) in [5, 5.41) is 21.2. The van der Waals surface area contributed by atoms with Crippen molar-refractivity contribution in [3.05, 3.63) is 71.3 Å². The first kappa shape index (κ1) is 15.3. The normalized spacial score (nSPS) is 12.3. The molecule has 0 unspecified atom stereocenters. The quantitative estimate of drug-likeness (QED) is 0.671. The van der Waals surface area contributed by atoms with Crippen molar-refractivity contribution in [3.8, 4) is 11.8 Å². The van der Waals surface area contributed by atoms with Crippen molar-refractivity contribution in [1.82, 2.24) is 5.32 Å². The first-order chi connectivity index (χ1) is 10.6. The molecule has 0 aliphatic heterocycles. The van der Waals surface area contributed by atoms with E-state index in [2.05, 4.69) is 5.32 Å². The molecule has 110 valence electrons. The van der Waals surface area contributed by atoms with Crippen LogP contribution in [0.15, 0.2) is 60.2 Å². The van der Waals surface area contributed by atoms with Crippen molar-refractivity contribution < 1.29 is 9.90 Å². The summed E-state index contributed by atoms with van der Waals surface area (Å²) in [6.45, 7) is 1.86. The molecule has 4 heteroatoms. The van der Waals surface area contributed by atoms with Gasteiger partial charge in [-0.3, -0.25) is 4.79 Å². The minimum Gasteiger partial charge on any atom is -0.508 e. The number of carbonyl (C=O) groups is 1. The molecule has 0 saturated heterocycles. The topological polar surface area (TPSA) is 73.1 Å². The second kappa shape index (κ2) is 7.09. The second-order valence-electron chi connectivity index (χ2n) is 4.87. The van der Waals surface area contributed by atoms with Gasteiger partial charge >= 0.3 is 0 Å². The van der Waals surface area contributed by atoms with Gasteiger partial charge in [0.25, 0.3) is 5.91 Å². The molecule has 0 aliphatic carbocycles. The fourth-order valence-electron chi connectivity index (χ4n) is 1.99. The van der Waals surface area contributed by atoms with E-state index in [1.165, 1.54) is 18.2 Å². The minimum atomic E-state index is -0.424. The Morgan fingerprint density at radius 2 is 1.82 bits per heavy atom. The Labute approximate surface area is 129 Å². The van der Waals surface area contributed by atoms with Crippen LogP contribution in [0.4, 0.5) is 0 Å². The molecule has 0 radical (unpaired) electrons. The SMILES string of the molecule is C[C@H](NC(=O)/C(C#N)=C\c1ccc(O)cc1)c1ccccc1. The van der Waals surface area contributed by atoms with E-state index in [9.17, 15) is 9.90 Å². The van der Waals surface area contributed by atoms with Crippen molar-refractivity contribution in [1.29, 1.82) is 5.26 Å². The molecule has 2 rings (SSSR count). The summed E-state index contributed by atoms with van der Waals surface area (Å²) < 4.78 is 0. The van der Waals surface area contributed by atoms with Crippen molar-refractivity contribution in [2.24, 2.45) is 0 Å². The number of nitrogens with one attached hydrogen (secondary N) is 1. The van der Waals surface area contributed by atoms with Crippen molar-refractivity contribution >= 4 is 12.0 Å². The van der Waals surface area contributed by atoms with E-state index in [1.807, 2.05) is 43.3 Å². The molecule has 0 fully saturated rings. The third-order valence-electron chi connectivity index (χ3n) is 3.22. The zero-order chi connectivity index (χ0) is 15.9. The van der Waals surface area contributed by atoms with Crippen LogP contribution in [-0.2, 0) is 4.79 Å². The number of benzene rings is 2. The predicted molar refractivity (Wildman–Crippen MR) is 84.7 cm³/mol. The summed E-state index contributed by atoms with van der Waals surface area (Å²) in [4.78, 5) is 12.2. The third-order valence-corrected chi connectivity index (χ3v) is 3.22. The lowest BCUT2D eigenvalue weighted by molar-refractivity contribution is -0.117. The van der Waals surface area contributed by atoms with Gasteiger partial charge in [-0.05, 0) is 36.3 Å². The molecule has 22 heavy (non-hydrogen) atoms. The molecular formula is C18H16N2O2. The predicted octanol–water partition coefficient (Wildman–Crippen LogP) is 3.18. The van der Waals surface area contributed by atoms with Crippen molar-refractivity contribution in [3.63, 3.8) is 0 Å². The number of carbonyl (C=O) groups excluding carboxylic acids is 1. The maximum Gasteiger partial charge on any atom is 0.262 e. The molecule has 0 bridgehead atoms. The fourth-order valence-corrected chi connectivity index (χ4v) is 1.99. The maximum absolute atomic E-state index is 12.2. The summed E-state index contributed by atoms with van der Waals surface area (Å²) in [6, 6.07) is 17.5. The summed E-state index contributed by atoms with van der Waals surface area (Å²) in [7, 11) is 0. The summed E-state index contributed by atoms with van der Waals surface area (Å²) in [5.74, 6) is -0.287. The van der Waals surface area contributed by atoms with Gasteiger partial charge in [-0.25, -0.2) is 0 Å². The zero-order valence-electron chi connectivity index (χ0n) is 12.2. The molecule has 2 aromatic carbocycles.